The third-order valence-corrected chi connectivity index (χ3v) is 6.25. The van der Waals surface area contributed by atoms with E-state index in [9.17, 15) is 8.42 Å². The van der Waals surface area contributed by atoms with Gasteiger partial charge in [-0.25, -0.2) is 8.42 Å². The van der Waals surface area contributed by atoms with Crippen molar-refractivity contribution in [2.45, 2.75) is 11.8 Å². The van der Waals surface area contributed by atoms with Crippen LogP contribution in [0.2, 0.25) is 10.0 Å². The van der Waals surface area contributed by atoms with Gasteiger partial charge < -0.3 is 0 Å². The Morgan fingerprint density at radius 2 is 1.86 bits per heavy atom. The molecule has 1 fully saturated rings. The van der Waals surface area contributed by atoms with Gasteiger partial charge in [0.15, 0.2) is 0 Å². The molecule has 0 bridgehead atoms. The zero-order valence-electron chi connectivity index (χ0n) is 12.2. The van der Waals surface area contributed by atoms with Crippen molar-refractivity contribution in [3.05, 3.63) is 28.2 Å². The fourth-order valence-corrected chi connectivity index (χ4v) is 4.18. The van der Waals surface area contributed by atoms with Gasteiger partial charge in [0.2, 0.25) is 10.0 Å². The Morgan fingerprint density at radius 3 is 2.41 bits per heavy atom. The first-order chi connectivity index (χ1) is 10.3. The van der Waals surface area contributed by atoms with Crippen molar-refractivity contribution in [2.24, 2.45) is 5.92 Å². The predicted molar refractivity (Wildman–Crippen MR) is 86.4 cm³/mol. The molecule has 120 valence electrons. The number of hydrogen-bond donors (Lipinski definition) is 0. The van der Waals surface area contributed by atoms with Crippen molar-refractivity contribution >= 4 is 33.2 Å². The van der Waals surface area contributed by atoms with Crippen molar-refractivity contribution in [3.8, 4) is 6.07 Å². The minimum atomic E-state index is -3.56. The van der Waals surface area contributed by atoms with Crippen LogP contribution in [0.1, 0.15) is 6.92 Å². The number of nitrogens with zero attached hydrogens (tertiary/aromatic N) is 3. The van der Waals surface area contributed by atoms with Crippen molar-refractivity contribution in [1.29, 1.82) is 5.26 Å². The van der Waals surface area contributed by atoms with Gasteiger partial charge in [0.25, 0.3) is 0 Å². The molecule has 1 heterocycles. The summed E-state index contributed by atoms with van der Waals surface area (Å²) in [7, 11) is -3.56. The quantitative estimate of drug-likeness (QED) is 0.825. The molecule has 0 aliphatic carbocycles. The monoisotopic (exact) mass is 361 g/mol. The Morgan fingerprint density at radius 1 is 1.23 bits per heavy atom. The summed E-state index contributed by atoms with van der Waals surface area (Å²) in [5.74, 6) is -0.0572. The number of halogens is 2. The number of sulfonamides is 1. The van der Waals surface area contributed by atoms with Gasteiger partial charge in [-0.05, 0) is 25.1 Å². The van der Waals surface area contributed by atoms with Crippen LogP contribution < -0.4 is 0 Å². The van der Waals surface area contributed by atoms with Crippen LogP contribution in [0.15, 0.2) is 23.1 Å². The lowest BCUT2D eigenvalue weighted by Crippen LogP contribution is -2.49. The Kier molecular flexibility index (Phi) is 5.70. The molecule has 1 aromatic carbocycles. The SMILES string of the molecule is C[C@H](C#N)CN1CCN(S(=O)(=O)c2ccc(Cl)c(Cl)c2)CC1. The van der Waals surface area contributed by atoms with E-state index in [0.29, 0.717) is 37.7 Å². The van der Waals surface area contributed by atoms with Crippen LogP contribution in [0.25, 0.3) is 0 Å². The smallest absolute Gasteiger partial charge is 0.243 e. The summed E-state index contributed by atoms with van der Waals surface area (Å²) in [5.41, 5.74) is 0. The highest BCUT2D eigenvalue weighted by atomic mass is 35.5. The topological polar surface area (TPSA) is 64.4 Å². The molecule has 1 aromatic rings. The average Bonchev–Trinajstić information content (AvgIpc) is 2.50. The first-order valence-electron chi connectivity index (χ1n) is 6.92. The van der Waals surface area contributed by atoms with E-state index in [2.05, 4.69) is 11.0 Å². The largest absolute Gasteiger partial charge is 0.299 e. The third-order valence-electron chi connectivity index (χ3n) is 3.61. The Labute approximate surface area is 141 Å². The van der Waals surface area contributed by atoms with Gasteiger partial charge in [-0.15, -0.1) is 0 Å². The Hall–Kier alpha value is -0.840. The number of hydrogen-bond acceptors (Lipinski definition) is 4. The predicted octanol–water partition coefficient (Wildman–Crippen LogP) is 2.46. The van der Waals surface area contributed by atoms with E-state index in [1.54, 1.807) is 0 Å². The van der Waals surface area contributed by atoms with Crippen LogP contribution in [-0.4, -0.2) is 50.3 Å². The summed E-state index contributed by atoms with van der Waals surface area (Å²) in [4.78, 5) is 2.26. The van der Waals surface area contributed by atoms with Gasteiger partial charge in [0, 0.05) is 32.7 Å². The second-order valence-electron chi connectivity index (χ2n) is 5.31. The van der Waals surface area contributed by atoms with Crippen molar-refractivity contribution in [2.75, 3.05) is 32.7 Å². The van der Waals surface area contributed by atoms with E-state index < -0.39 is 10.0 Å². The fraction of sp³-hybridized carbons (Fsp3) is 0.500. The molecule has 22 heavy (non-hydrogen) atoms. The maximum Gasteiger partial charge on any atom is 0.243 e. The Balaban J connectivity index is 2.06. The highest BCUT2D eigenvalue weighted by Gasteiger charge is 2.29. The molecule has 5 nitrogen and oxygen atoms in total. The maximum atomic E-state index is 12.6. The summed E-state index contributed by atoms with van der Waals surface area (Å²) < 4.78 is 26.6. The van der Waals surface area contributed by atoms with Gasteiger partial charge in [-0.2, -0.15) is 9.57 Å². The lowest BCUT2D eigenvalue weighted by Gasteiger charge is -2.34. The molecule has 1 aliphatic heterocycles. The normalized spacial score (nSPS) is 18.8. The first kappa shape index (κ1) is 17.5. The zero-order valence-corrected chi connectivity index (χ0v) is 14.5. The highest BCUT2D eigenvalue weighted by molar-refractivity contribution is 7.89. The number of rotatable bonds is 4. The van der Waals surface area contributed by atoms with E-state index in [-0.39, 0.29) is 15.8 Å². The van der Waals surface area contributed by atoms with E-state index in [0.717, 1.165) is 0 Å². The number of piperazine rings is 1. The van der Waals surface area contributed by atoms with Gasteiger partial charge >= 0.3 is 0 Å². The minimum absolute atomic E-state index is 0.0572. The fourth-order valence-electron chi connectivity index (χ4n) is 2.37. The summed E-state index contributed by atoms with van der Waals surface area (Å²) in [6.45, 7) is 4.57. The molecule has 2 rings (SSSR count). The van der Waals surface area contributed by atoms with Crippen LogP contribution in [0, 0.1) is 17.2 Å². The van der Waals surface area contributed by atoms with Crippen LogP contribution in [0.5, 0.6) is 0 Å². The molecular weight excluding hydrogens is 345 g/mol. The summed E-state index contributed by atoms with van der Waals surface area (Å²) in [6, 6.07) is 6.52. The van der Waals surface area contributed by atoms with Gasteiger partial charge in [-0.1, -0.05) is 23.2 Å². The molecule has 1 saturated heterocycles. The second kappa shape index (κ2) is 7.16. The molecule has 0 saturated carbocycles. The van der Waals surface area contributed by atoms with Crippen LogP contribution >= 0.6 is 23.2 Å². The molecule has 0 N–H and O–H groups in total. The van der Waals surface area contributed by atoms with E-state index in [1.165, 1.54) is 22.5 Å². The molecule has 0 radical (unpaired) electrons. The zero-order chi connectivity index (χ0) is 16.3. The summed E-state index contributed by atoms with van der Waals surface area (Å²) >= 11 is 11.7. The molecule has 8 heteroatoms. The Bertz CT molecular complexity index is 680. The minimum Gasteiger partial charge on any atom is -0.299 e. The molecule has 0 amide bonds. The van der Waals surface area contributed by atoms with Gasteiger partial charge in [0.05, 0.1) is 26.9 Å². The van der Waals surface area contributed by atoms with Crippen LogP contribution in [0.4, 0.5) is 0 Å². The van der Waals surface area contributed by atoms with Gasteiger partial charge in [-0.3, -0.25) is 4.90 Å². The van der Waals surface area contributed by atoms with E-state index >= 15 is 0 Å². The standard InChI is InChI=1S/C14H17Cl2N3O2S/c1-11(9-17)10-18-4-6-19(7-5-18)22(20,21)12-2-3-13(15)14(16)8-12/h2-3,8,11H,4-7,10H2,1H3/t11-/m1/s1. The van der Waals surface area contributed by atoms with Gasteiger partial charge in [0.1, 0.15) is 0 Å². The van der Waals surface area contributed by atoms with Crippen molar-refractivity contribution in [3.63, 3.8) is 0 Å². The van der Waals surface area contributed by atoms with Crippen molar-refractivity contribution in [1.82, 2.24) is 9.21 Å². The molecular formula is C14H17Cl2N3O2S. The highest BCUT2D eigenvalue weighted by Crippen LogP contribution is 2.27. The first-order valence-corrected chi connectivity index (χ1v) is 9.11. The maximum absolute atomic E-state index is 12.6. The van der Waals surface area contributed by atoms with Crippen LogP contribution in [-0.2, 0) is 10.0 Å². The second-order valence-corrected chi connectivity index (χ2v) is 8.06. The van der Waals surface area contributed by atoms with E-state index in [4.69, 9.17) is 28.5 Å². The van der Waals surface area contributed by atoms with E-state index in [1.807, 2.05) is 6.92 Å². The molecule has 1 aliphatic rings. The molecule has 1 atom stereocenters. The molecule has 0 spiro atoms. The lowest BCUT2D eigenvalue weighted by atomic mass is 10.2. The van der Waals surface area contributed by atoms with Crippen molar-refractivity contribution < 1.29 is 8.42 Å². The van der Waals surface area contributed by atoms with Crippen LogP contribution in [0.3, 0.4) is 0 Å². The molecule has 0 unspecified atom stereocenters. The molecule has 0 aromatic heterocycles. The third kappa shape index (κ3) is 3.92. The summed E-state index contributed by atoms with van der Waals surface area (Å²) in [6.07, 6.45) is 0. The summed E-state index contributed by atoms with van der Waals surface area (Å²) in [5, 5.41) is 9.39. The number of benzene rings is 1. The average molecular weight is 362 g/mol. The lowest BCUT2D eigenvalue weighted by molar-refractivity contribution is 0.178. The number of nitriles is 1.